The predicted octanol–water partition coefficient (Wildman–Crippen LogP) is 1.83. The fraction of sp³-hybridized carbons (Fsp3) is 0.467. The van der Waals surface area contributed by atoms with Gasteiger partial charge in [-0.15, -0.1) is 10.2 Å². The van der Waals surface area contributed by atoms with E-state index in [1.165, 1.54) is 4.80 Å². The van der Waals surface area contributed by atoms with Gasteiger partial charge in [0.05, 0.1) is 6.10 Å². The van der Waals surface area contributed by atoms with E-state index in [1.54, 1.807) is 31.2 Å². The zero-order chi connectivity index (χ0) is 16.8. The maximum absolute atomic E-state index is 12.2. The minimum absolute atomic E-state index is 0.187. The van der Waals surface area contributed by atoms with E-state index in [-0.39, 0.29) is 5.91 Å². The second-order valence-corrected chi connectivity index (χ2v) is 5.73. The van der Waals surface area contributed by atoms with E-state index in [1.807, 2.05) is 6.92 Å². The molecule has 0 saturated carbocycles. The van der Waals surface area contributed by atoms with Crippen molar-refractivity contribution in [3.8, 4) is 11.4 Å². The van der Waals surface area contributed by atoms with Crippen LogP contribution in [0.15, 0.2) is 24.3 Å². The smallest absolute Gasteiger partial charge is 0.246 e. The molecule has 0 spiro atoms. The van der Waals surface area contributed by atoms with Crippen LogP contribution in [-0.2, 0) is 4.79 Å². The van der Waals surface area contributed by atoms with Gasteiger partial charge in [0.25, 0.3) is 0 Å². The minimum Gasteiger partial charge on any atom is -0.393 e. The van der Waals surface area contributed by atoms with E-state index in [2.05, 4.69) is 20.7 Å². The van der Waals surface area contributed by atoms with Crippen molar-refractivity contribution in [3.63, 3.8) is 0 Å². The molecule has 0 radical (unpaired) electrons. The lowest BCUT2D eigenvalue weighted by Crippen LogP contribution is -2.34. The van der Waals surface area contributed by atoms with Gasteiger partial charge in [-0.25, -0.2) is 0 Å². The van der Waals surface area contributed by atoms with Gasteiger partial charge in [0.15, 0.2) is 6.04 Å². The molecule has 0 aliphatic carbocycles. The third-order valence-electron chi connectivity index (χ3n) is 3.36. The van der Waals surface area contributed by atoms with E-state index in [0.29, 0.717) is 30.2 Å². The van der Waals surface area contributed by atoms with Crippen LogP contribution in [-0.4, -0.2) is 43.9 Å². The number of nitrogens with zero attached hydrogens (tertiary/aromatic N) is 4. The van der Waals surface area contributed by atoms with E-state index in [4.69, 9.17) is 11.6 Å². The first-order chi connectivity index (χ1) is 11.0. The number of tetrazole rings is 1. The Morgan fingerprint density at radius 3 is 2.70 bits per heavy atom. The maximum Gasteiger partial charge on any atom is 0.246 e. The highest BCUT2D eigenvalue weighted by atomic mass is 35.5. The Morgan fingerprint density at radius 1 is 1.39 bits per heavy atom. The molecule has 2 atom stereocenters. The molecule has 23 heavy (non-hydrogen) atoms. The third kappa shape index (κ3) is 4.74. The van der Waals surface area contributed by atoms with Gasteiger partial charge in [-0.3, -0.25) is 4.79 Å². The number of aliphatic hydroxyl groups excluding tert-OH is 1. The minimum atomic E-state index is -0.530. The summed E-state index contributed by atoms with van der Waals surface area (Å²) in [6.07, 6.45) is 0.594. The Morgan fingerprint density at radius 2 is 2.09 bits per heavy atom. The van der Waals surface area contributed by atoms with Crippen molar-refractivity contribution in [3.05, 3.63) is 29.3 Å². The van der Waals surface area contributed by atoms with Crippen LogP contribution < -0.4 is 5.32 Å². The summed E-state index contributed by atoms with van der Waals surface area (Å²) < 4.78 is 0. The normalized spacial score (nSPS) is 13.6. The molecule has 1 amide bonds. The topological polar surface area (TPSA) is 92.9 Å². The molecule has 124 valence electrons. The van der Waals surface area contributed by atoms with Gasteiger partial charge in [-0.2, -0.15) is 4.80 Å². The first kappa shape index (κ1) is 17.4. The fourth-order valence-electron chi connectivity index (χ4n) is 2.05. The molecule has 7 nitrogen and oxygen atoms in total. The maximum atomic E-state index is 12.2. The molecule has 0 aliphatic heterocycles. The van der Waals surface area contributed by atoms with Gasteiger partial charge < -0.3 is 10.4 Å². The number of rotatable bonds is 7. The highest BCUT2D eigenvalue weighted by molar-refractivity contribution is 6.30. The van der Waals surface area contributed by atoms with Crippen LogP contribution in [0.1, 0.15) is 32.7 Å². The van der Waals surface area contributed by atoms with E-state index < -0.39 is 12.1 Å². The van der Waals surface area contributed by atoms with Gasteiger partial charge >= 0.3 is 0 Å². The molecule has 0 fully saturated rings. The van der Waals surface area contributed by atoms with Crippen LogP contribution in [0.5, 0.6) is 0 Å². The Balaban J connectivity index is 2.07. The zero-order valence-electron chi connectivity index (χ0n) is 13.1. The second kappa shape index (κ2) is 8.03. The van der Waals surface area contributed by atoms with Crippen molar-refractivity contribution >= 4 is 17.5 Å². The Kier molecular flexibility index (Phi) is 6.06. The van der Waals surface area contributed by atoms with Crippen LogP contribution in [0.2, 0.25) is 5.02 Å². The van der Waals surface area contributed by atoms with E-state index in [0.717, 1.165) is 5.56 Å². The van der Waals surface area contributed by atoms with Crippen LogP contribution in [0.3, 0.4) is 0 Å². The largest absolute Gasteiger partial charge is 0.393 e. The van der Waals surface area contributed by atoms with Gasteiger partial charge in [-0.05, 0) is 49.2 Å². The summed E-state index contributed by atoms with van der Waals surface area (Å²) >= 11 is 5.86. The molecule has 1 aromatic carbocycles. The molecule has 2 unspecified atom stereocenters. The molecule has 2 rings (SSSR count). The summed E-state index contributed by atoms with van der Waals surface area (Å²) in [4.78, 5) is 13.5. The number of amides is 1. The Labute approximate surface area is 139 Å². The van der Waals surface area contributed by atoms with Crippen LogP contribution in [0.25, 0.3) is 11.4 Å². The summed E-state index contributed by atoms with van der Waals surface area (Å²) in [7, 11) is 0. The number of hydrogen-bond donors (Lipinski definition) is 2. The molecule has 2 aromatic rings. The quantitative estimate of drug-likeness (QED) is 0.804. The third-order valence-corrected chi connectivity index (χ3v) is 3.61. The van der Waals surface area contributed by atoms with E-state index in [9.17, 15) is 9.90 Å². The lowest BCUT2D eigenvalue weighted by atomic mass is 10.2. The second-order valence-electron chi connectivity index (χ2n) is 5.29. The van der Waals surface area contributed by atoms with Crippen LogP contribution in [0, 0.1) is 0 Å². The average Bonchev–Trinajstić information content (AvgIpc) is 2.98. The number of carbonyl (C=O) groups is 1. The summed E-state index contributed by atoms with van der Waals surface area (Å²) in [5.41, 5.74) is 0.782. The molecule has 0 bridgehead atoms. The Hall–Kier alpha value is -1.99. The van der Waals surface area contributed by atoms with Gasteiger partial charge in [0, 0.05) is 17.1 Å². The molecule has 0 saturated heterocycles. The number of hydrogen-bond acceptors (Lipinski definition) is 5. The SMILES string of the molecule is CCC(C(=O)NCCC(C)O)n1nnc(-c2ccc(Cl)cc2)n1. The molecular formula is C15H20ClN5O2. The summed E-state index contributed by atoms with van der Waals surface area (Å²) in [5, 5.41) is 24.9. The number of benzene rings is 1. The van der Waals surface area contributed by atoms with Gasteiger partial charge in [0.2, 0.25) is 11.7 Å². The molecule has 8 heteroatoms. The van der Waals surface area contributed by atoms with Crippen LogP contribution in [0.4, 0.5) is 0 Å². The molecule has 2 N–H and O–H groups in total. The molecular weight excluding hydrogens is 318 g/mol. The van der Waals surface area contributed by atoms with Crippen molar-refractivity contribution in [1.82, 2.24) is 25.5 Å². The molecule has 1 heterocycles. The summed E-state index contributed by atoms with van der Waals surface area (Å²) in [5.74, 6) is 0.255. The standard InChI is InChI=1S/C15H20ClN5O2/c1-3-13(15(23)17-9-8-10(2)22)21-19-14(18-20-21)11-4-6-12(16)7-5-11/h4-7,10,13,22H,3,8-9H2,1-2H3,(H,17,23). The number of halogens is 1. The predicted molar refractivity (Wildman–Crippen MR) is 86.9 cm³/mol. The number of carbonyl (C=O) groups excluding carboxylic acids is 1. The first-order valence-corrected chi connectivity index (χ1v) is 7.90. The van der Waals surface area contributed by atoms with Crippen molar-refractivity contribution < 1.29 is 9.90 Å². The Bertz CT molecular complexity index is 642. The van der Waals surface area contributed by atoms with Crippen molar-refractivity contribution in [2.24, 2.45) is 0 Å². The summed E-state index contributed by atoms with van der Waals surface area (Å²) in [6.45, 7) is 3.97. The van der Waals surface area contributed by atoms with Gasteiger partial charge in [0.1, 0.15) is 0 Å². The average molecular weight is 338 g/mol. The highest BCUT2D eigenvalue weighted by Crippen LogP contribution is 2.18. The van der Waals surface area contributed by atoms with Crippen molar-refractivity contribution in [1.29, 1.82) is 0 Å². The first-order valence-electron chi connectivity index (χ1n) is 7.52. The number of aliphatic hydroxyl groups is 1. The van der Waals surface area contributed by atoms with Crippen LogP contribution >= 0.6 is 11.6 Å². The lowest BCUT2D eigenvalue weighted by molar-refractivity contribution is -0.125. The number of aromatic nitrogens is 4. The molecule has 0 aliphatic rings. The van der Waals surface area contributed by atoms with E-state index >= 15 is 0 Å². The van der Waals surface area contributed by atoms with Gasteiger partial charge in [-0.1, -0.05) is 18.5 Å². The van der Waals surface area contributed by atoms with Crippen molar-refractivity contribution in [2.75, 3.05) is 6.54 Å². The fourth-order valence-corrected chi connectivity index (χ4v) is 2.17. The zero-order valence-corrected chi connectivity index (χ0v) is 13.9. The monoisotopic (exact) mass is 337 g/mol. The number of nitrogens with one attached hydrogen (secondary N) is 1. The van der Waals surface area contributed by atoms with Crippen molar-refractivity contribution in [2.45, 2.75) is 38.8 Å². The highest BCUT2D eigenvalue weighted by Gasteiger charge is 2.21. The lowest BCUT2D eigenvalue weighted by Gasteiger charge is -2.13. The summed E-state index contributed by atoms with van der Waals surface area (Å²) in [6, 6.07) is 6.56. The molecule has 1 aromatic heterocycles.